The number of anilines is 1. The maximum absolute atomic E-state index is 12.8. The van der Waals surface area contributed by atoms with Crippen molar-refractivity contribution >= 4 is 11.6 Å². The average molecular weight is 297 g/mol. The Morgan fingerprint density at radius 1 is 1.38 bits per heavy atom. The Balaban J connectivity index is 2.10. The molecule has 0 atom stereocenters. The topological polar surface area (TPSA) is 64.7 Å². The number of halogens is 2. The number of amides is 1. The van der Waals surface area contributed by atoms with E-state index in [2.05, 4.69) is 15.5 Å². The molecule has 8 heteroatoms. The summed E-state index contributed by atoms with van der Waals surface area (Å²) in [6.45, 7) is 5.80. The monoisotopic (exact) mass is 297 g/mol. The minimum Gasteiger partial charge on any atom is -0.322 e. The van der Waals surface area contributed by atoms with Gasteiger partial charge in [0.2, 0.25) is 5.91 Å². The number of carbonyl (C=O) groups is 1. The number of rotatable bonds is 5. The second-order valence-electron chi connectivity index (χ2n) is 4.68. The van der Waals surface area contributed by atoms with E-state index in [0.717, 1.165) is 10.4 Å². The van der Waals surface area contributed by atoms with Crippen molar-refractivity contribution in [2.45, 2.75) is 40.3 Å². The Labute approximate surface area is 120 Å². The van der Waals surface area contributed by atoms with Gasteiger partial charge in [0, 0.05) is 6.54 Å². The Hall–Kier alpha value is -2.25. The van der Waals surface area contributed by atoms with Gasteiger partial charge in [0.25, 0.3) is 6.43 Å². The second kappa shape index (κ2) is 6.02. The smallest absolute Gasteiger partial charge is 0.280 e. The molecule has 1 N–H and O–H groups in total. The highest BCUT2D eigenvalue weighted by molar-refractivity contribution is 5.90. The summed E-state index contributed by atoms with van der Waals surface area (Å²) in [6, 6.07) is 1.28. The third kappa shape index (κ3) is 3.26. The van der Waals surface area contributed by atoms with Crippen molar-refractivity contribution in [3.05, 3.63) is 29.3 Å². The number of hydrogen-bond acceptors (Lipinski definition) is 3. The summed E-state index contributed by atoms with van der Waals surface area (Å²) in [5.74, 6) is -0.418. The van der Waals surface area contributed by atoms with Crippen LogP contribution in [0.15, 0.2) is 12.3 Å². The van der Waals surface area contributed by atoms with Gasteiger partial charge < -0.3 is 5.32 Å². The van der Waals surface area contributed by atoms with Gasteiger partial charge >= 0.3 is 0 Å². The first kappa shape index (κ1) is 15.1. The van der Waals surface area contributed by atoms with Crippen LogP contribution in [-0.2, 0) is 17.9 Å². The van der Waals surface area contributed by atoms with Crippen molar-refractivity contribution in [2.75, 3.05) is 5.32 Å². The van der Waals surface area contributed by atoms with E-state index in [1.54, 1.807) is 17.8 Å². The zero-order valence-electron chi connectivity index (χ0n) is 12.1. The number of carbonyl (C=O) groups excluding carboxylic acids is 1. The van der Waals surface area contributed by atoms with Crippen LogP contribution < -0.4 is 5.32 Å². The standard InChI is InChI=1S/C13H17F2N5O/c1-4-19-9(3)10(6-16-19)17-12(21)7-20-11(13(14)15)5-8(2)18-20/h5-6,13H,4,7H2,1-3H3,(H,17,21). The van der Waals surface area contributed by atoms with Crippen molar-refractivity contribution < 1.29 is 13.6 Å². The van der Waals surface area contributed by atoms with E-state index in [1.807, 2.05) is 13.8 Å². The number of nitrogens with one attached hydrogen (secondary N) is 1. The molecule has 2 aromatic heterocycles. The summed E-state index contributed by atoms with van der Waals surface area (Å²) in [5.41, 5.74) is 1.58. The van der Waals surface area contributed by atoms with Gasteiger partial charge in [-0.1, -0.05) is 0 Å². The number of aryl methyl sites for hydroxylation is 2. The largest absolute Gasteiger partial charge is 0.322 e. The summed E-state index contributed by atoms with van der Waals surface area (Å²) in [5, 5.41) is 10.7. The number of alkyl halides is 2. The number of nitrogens with zero attached hydrogens (tertiary/aromatic N) is 4. The summed E-state index contributed by atoms with van der Waals surface area (Å²) in [6.07, 6.45) is -1.12. The van der Waals surface area contributed by atoms with Gasteiger partial charge in [0.15, 0.2) is 0 Å². The molecule has 0 spiro atoms. The van der Waals surface area contributed by atoms with Crippen LogP contribution in [0.25, 0.3) is 0 Å². The van der Waals surface area contributed by atoms with Crippen LogP contribution >= 0.6 is 0 Å². The molecule has 0 aliphatic rings. The van der Waals surface area contributed by atoms with Gasteiger partial charge in [-0.05, 0) is 26.8 Å². The Morgan fingerprint density at radius 3 is 2.67 bits per heavy atom. The van der Waals surface area contributed by atoms with Crippen molar-refractivity contribution in [3.63, 3.8) is 0 Å². The summed E-state index contributed by atoms with van der Waals surface area (Å²) in [7, 11) is 0. The highest BCUT2D eigenvalue weighted by Gasteiger charge is 2.18. The molecule has 0 saturated heterocycles. The van der Waals surface area contributed by atoms with E-state index >= 15 is 0 Å². The van der Waals surface area contributed by atoms with E-state index in [1.165, 1.54) is 6.07 Å². The fraction of sp³-hybridized carbons (Fsp3) is 0.462. The van der Waals surface area contributed by atoms with Crippen LogP contribution in [0, 0.1) is 13.8 Å². The molecule has 2 heterocycles. The molecule has 1 amide bonds. The lowest BCUT2D eigenvalue weighted by atomic mass is 10.3. The molecule has 21 heavy (non-hydrogen) atoms. The maximum atomic E-state index is 12.8. The third-order valence-electron chi connectivity index (χ3n) is 3.13. The molecule has 0 aromatic carbocycles. The predicted octanol–water partition coefficient (Wildman–Crippen LogP) is 2.29. The molecule has 0 radical (unpaired) electrons. The first-order chi connectivity index (χ1) is 9.92. The van der Waals surface area contributed by atoms with E-state index < -0.39 is 12.3 Å². The molecule has 114 valence electrons. The molecule has 0 bridgehead atoms. The highest BCUT2D eigenvalue weighted by atomic mass is 19.3. The van der Waals surface area contributed by atoms with E-state index in [9.17, 15) is 13.6 Å². The first-order valence-corrected chi connectivity index (χ1v) is 6.57. The average Bonchev–Trinajstić information content (AvgIpc) is 2.94. The fourth-order valence-corrected chi connectivity index (χ4v) is 2.08. The molecular formula is C13H17F2N5O. The quantitative estimate of drug-likeness (QED) is 0.921. The molecular weight excluding hydrogens is 280 g/mol. The van der Waals surface area contributed by atoms with Gasteiger partial charge in [-0.15, -0.1) is 0 Å². The summed E-state index contributed by atoms with van der Waals surface area (Å²) in [4.78, 5) is 12.0. The zero-order chi connectivity index (χ0) is 15.6. The third-order valence-corrected chi connectivity index (χ3v) is 3.13. The van der Waals surface area contributed by atoms with Gasteiger partial charge in [0.05, 0.1) is 23.3 Å². The van der Waals surface area contributed by atoms with Crippen LogP contribution in [-0.4, -0.2) is 25.5 Å². The van der Waals surface area contributed by atoms with Crippen LogP contribution in [0.5, 0.6) is 0 Å². The Kier molecular flexibility index (Phi) is 4.35. The highest BCUT2D eigenvalue weighted by Crippen LogP contribution is 2.20. The van der Waals surface area contributed by atoms with Gasteiger partial charge in [-0.25, -0.2) is 8.78 Å². The molecule has 0 aliphatic heterocycles. The molecule has 0 aliphatic carbocycles. The van der Waals surface area contributed by atoms with Crippen molar-refractivity contribution in [1.29, 1.82) is 0 Å². The summed E-state index contributed by atoms with van der Waals surface area (Å²) >= 11 is 0. The summed E-state index contributed by atoms with van der Waals surface area (Å²) < 4.78 is 28.4. The SMILES string of the molecule is CCn1ncc(NC(=O)Cn2nc(C)cc2C(F)F)c1C. The number of aromatic nitrogens is 4. The van der Waals surface area contributed by atoms with Crippen LogP contribution in [0.2, 0.25) is 0 Å². The van der Waals surface area contributed by atoms with E-state index in [4.69, 9.17) is 0 Å². The minimum absolute atomic E-state index is 0.260. The van der Waals surface area contributed by atoms with E-state index in [-0.39, 0.29) is 12.2 Å². The lowest BCUT2D eigenvalue weighted by Gasteiger charge is -2.08. The molecule has 2 aromatic rings. The molecule has 6 nitrogen and oxygen atoms in total. The molecule has 0 saturated carbocycles. The van der Waals surface area contributed by atoms with Crippen LogP contribution in [0.1, 0.15) is 30.4 Å². The van der Waals surface area contributed by atoms with Crippen molar-refractivity contribution in [1.82, 2.24) is 19.6 Å². The van der Waals surface area contributed by atoms with Crippen molar-refractivity contribution in [2.24, 2.45) is 0 Å². The molecule has 0 unspecified atom stereocenters. The van der Waals surface area contributed by atoms with Gasteiger partial charge in [-0.2, -0.15) is 10.2 Å². The van der Waals surface area contributed by atoms with Gasteiger partial charge in [0.1, 0.15) is 12.2 Å². The normalized spacial score (nSPS) is 11.1. The van der Waals surface area contributed by atoms with Crippen LogP contribution in [0.3, 0.4) is 0 Å². The second-order valence-corrected chi connectivity index (χ2v) is 4.68. The lowest BCUT2D eigenvalue weighted by Crippen LogP contribution is -2.21. The zero-order valence-corrected chi connectivity index (χ0v) is 12.1. The predicted molar refractivity (Wildman–Crippen MR) is 73.2 cm³/mol. The number of hydrogen-bond donors (Lipinski definition) is 1. The molecule has 0 fully saturated rings. The first-order valence-electron chi connectivity index (χ1n) is 6.57. The lowest BCUT2D eigenvalue weighted by molar-refractivity contribution is -0.117. The van der Waals surface area contributed by atoms with Gasteiger partial charge in [-0.3, -0.25) is 14.2 Å². The fourth-order valence-electron chi connectivity index (χ4n) is 2.08. The Bertz CT molecular complexity index is 647. The van der Waals surface area contributed by atoms with Crippen LogP contribution in [0.4, 0.5) is 14.5 Å². The molecule has 2 rings (SSSR count). The van der Waals surface area contributed by atoms with E-state index in [0.29, 0.717) is 17.9 Å². The minimum atomic E-state index is -2.66. The Morgan fingerprint density at radius 2 is 2.10 bits per heavy atom. The van der Waals surface area contributed by atoms with Crippen molar-refractivity contribution in [3.8, 4) is 0 Å². The maximum Gasteiger partial charge on any atom is 0.280 e.